The second-order valence-electron chi connectivity index (χ2n) is 5.09. The Morgan fingerprint density at radius 2 is 1.92 bits per heavy atom. The van der Waals surface area contributed by atoms with Crippen molar-refractivity contribution in [1.82, 2.24) is 9.36 Å². The first-order chi connectivity index (χ1) is 12.7. The molecule has 1 N–H and O–H groups in total. The number of nitrogens with zero attached hydrogens (tertiary/aromatic N) is 2. The summed E-state index contributed by atoms with van der Waals surface area (Å²) in [6.07, 6.45) is 2.23. The average molecular weight is 392 g/mol. The summed E-state index contributed by atoms with van der Waals surface area (Å²) in [5.41, 5.74) is 1.86. The van der Waals surface area contributed by atoms with Crippen LogP contribution in [0.5, 0.6) is 11.5 Å². The first-order valence-electron chi connectivity index (χ1n) is 8.42. The highest BCUT2D eigenvalue weighted by atomic mass is 32.2. The Labute approximate surface area is 162 Å². The summed E-state index contributed by atoms with van der Waals surface area (Å²) in [5, 5.41) is 0.761. The van der Waals surface area contributed by atoms with E-state index in [-0.39, 0.29) is 5.82 Å². The van der Waals surface area contributed by atoms with Crippen LogP contribution in [0.2, 0.25) is 0 Å². The van der Waals surface area contributed by atoms with E-state index in [1.165, 1.54) is 41.9 Å². The highest BCUT2D eigenvalue weighted by Crippen LogP contribution is 2.32. The minimum atomic E-state index is -0.245. The van der Waals surface area contributed by atoms with Crippen LogP contribution in [0.25, 0.3) is 0 Å². The molecule has 0 aliphatic rings. The molecular weight excluding hydrogens is 369 g/mol. The largest absolute Gasteiger partial charge is 0.457 e. The molecule has 0 aliphatic carbocycles. The van der Waals surface area contributed by atoms with E-state index in [0.717, 1.165) is 26.9 Å². The molecule has 0 atom stereocenters. The van der Waals surface area contributed by atoms with Gasteiger partial charge >= 0.3 is 0 Å². The van der Waals surface area contributed by atoms with E-state index in [2.05, 4.69) is 14.1 Å². The van der Waals surface area contributed by atoms with E-state index in [0.29, 0.717) is 12.2 Å². The van der Waals surface area contributed by atoms with Crippen molar-refractivity contribution in [2.75, 3.05) is 4.72 Å². The van der Waals surface area contributed by atoms with Gasteiger partial charge in [0.2, 0.25) is 5.13 Å². The van der Waals surface area contributed by atoms with Crippen LogP contribution in [0.3, 0.4) is 0 Å². The molecule has 3 rings (SSSR count). The maximum absolute atomic E-state index is 13.3. The van der Waals surface area contributed by atoms with Crippen LogP contribution < -0.4 is 9.46 Å². The van der Waals surface area contributed by atoms with Gasteiger partial charge in [-0.05, 0) is 72.8 Å². The molecular formula is C19H22FN3OS2. The van der Waals surface area contributed by atoms with Crippen LogP contribution in [-0.4, -0.2) is 9.36 Å². The van der Waals surface area contributed by atoms with Gasteiger partial charge in [-0.2, -0.15) is 4.37 Å². The Balaban J connectivity index is 0.00000117. The molecule has 0 unspecified atom stereocenters. The maximum Gasteiger partial charge on any atom is 0.212 e. The van der Waals surface area contributed by atoms with Crippen LogP contribution in [0, 0.1) is 12.7 Å². The molecule has 26 heavy (non-hydrogen) atoms. The molecule has 0 radical (unpaired) electrons. The van der Waals surface area contributed by atoms with Crippen molar-refractivity contribution >= 4 is 28.6 Å². The SMILES string of the molecule is CC.CCc1cc(F)ccc1Oc1ccc(SNc2ncns2)cc1C. The highest BCUT2D eigenvalue weighted by Gasteiger charge is 2.08. The number of halogens is 1. The van der Waals surface area contributed by atoms with Gasteiger partial charge in [0.15, 0.2) is 0 Å². The lowest BCUT2D eigenvalue weighted by molar-refractivity contribution is 0.470. The summed E-state index contributed by atoms with van der Waals surface area (Å²) in [4.78, 5) is 5.12. The van der Waals surface area contributed by atoms with E-state index in [9.17, 15) is 4.39 Å². The summed E-state index contributed by atoms with van der Waals surface area (Å²) >= 11 is 2.78. The molecule has 138 valence electrons. The molecule has 0 fully saturated rings. The minimum Gasteiger partial charge on any atom is -0.457 e. The van der Waals surface area contributed by atoms with Crippen molar-refractivity contribution in [3.63, 3.8) is 0 Å². The zero-order valence-corrected chi connectivity index (χ0v) is 16.9. The van der Waals surface area contributed by atoms with E-state index in [1.54, 1.807) is 6.07 Å². The molecule has 0 bridgehead atoms. The fourth-order valence-corrected chi connectivity index (χ4v) is 3.36. The van der Waals surface area contributed by atoms with Gasteiger partial charge in [-0.25, -0.2) is 9.37 Å². The van der Waals surface area contributed by atoms with Crippen molar-refractivity contribution in [2.45, 2.75) is 39.0 Å². The second-order valence-corrected chi connectivity index (χ2v) is 6.75. The minimum absolute atomic E-state index is 0.245. The predicted octanol–water partition coefficient (Wildman–Crippen LogP) is 6.49. The van der Waals surface area contributed by atoms with Crippen molar-refractivity contribution in [3.8, 4) is 11.5 Å². The first kappa shape index (κ1) is 20.2. The summed E-state index contributed by atoms with van der Waals surface area (Å²) in [5.74, 6) is 1.20. The summed E-state index contributed by atoms with van der Waals surface area (Å²) in [6.45, 7) is 7.97. The zero-order chi connectivity index (χ0) is 18.9. The quantitative estimate of drug-likeness (QED) is 0.487. The number of nitrogens with one attached hydrogen (secondary N) is 1. The molecule has 1 aromatic heterocycles. The normalized spacial score (nSPS) is 10.0. The number of rotatable bonds is 6. The fourth-order valence-electron chi connectivity index (χ4n) is 2.16. The molecule has 0 saturated heterocycles. The molecule has 0 spiro atoms. The third-order valence-corrected chi connectivity index (χ3v) is 4.88. The van der Waals surface area contributed by atoms with Gasteiger partial charge in [0.25, 0.3) is 0 Å². The van der Waals surface area contributed by atoms with E-state index in [1.807, 2.05) is 45.9 Å². The van der Waals surface area contributed by atoms with Crippen LogP contribution in [0.1, 0.15) is 31.9 Å². The molecule has 1 heterocycles. The fraction of sp³-hybridized carbons (Fsp3) is 0.263. The summed E-state index contributed by atoms with van der Waals surface area (Å²) in [6, 6.07) is 10.5. The topological polar surface area (TPSA) is 47.0 Å². The van der Waals surface area contributed by atoms with Crippen molar-refractivity contribution in [3.05, 3.63) is 59.7 Å². The van der Waals surface area contributed by atoms with E-state index >= 15 is 0 Å². The Morgan fingerprint density at radius 1 is 1.15 bits per heavy atom. The number of hydrogen-bond donors (Lipinski definition) is 1. The third-order valence-electron chi connectivity index (χ3n) is 3.39. The molecule has 0 saturated carbocycles. The summed E-state index contributed by atoms with van der Waals surface area (Å²) in [7, 11) is 0. The molecule has 0 aliphatic heterocycles. The van der Waals surface area contributed by atoms with E-state index in [4.69, 9.17) is 4.74 Å². The first-order valence-corrected chi connectivity index (χ1v) is 10.0. The Kier molecular flexibility index (Phi) is 7.87. The van der Waals surface area contributed by atoms with Crippen molar-refractivity contribution in [2.24, 2.45) is 0 Å². The number of ether oxygens (including phenoxy) is 1. The Bertz CT molecular complexity index is 826. The lowest BCUT2D eigenvalue weighted by Crippen LogP contribution is -1.94. The Hall–Kier alpha value is -2.12. The molecule has 2 aromatic carbocycles. The van der Waals surface area contributed by atoms with E-state index < -0.39 is 0 Å². The van der Waals surface area contributed by atoms with Gasteiger partial charge in [0, 0.05) is 16.4 Å². The van der Waals surface area contributed by atoms with Crippen molar-refractivity contribution in [1.29, 1.82) is 0 Å². The molecule has 4 nitrogen and oxygen atoms in total. The number of hydrogen-bond acceptors (Lipinski definition) is 6. The van der Waals surface area contributed by atoms with Gasteiger partial charge in [0.1, 0.15) is 23.6 Å². The predicted molar refractivity (Wildman–Crippen MR) is 108 cm³/mol. The van der Waals surface area contributed by atoms with Crippen LogP contribution in [-0.2, 0) is 6.42 Å². The maximum atomic E-state index is 13.3. The number of aromatic nitrogens is 2. The Morgan fingerprint density at radius 3 is 2.58 bits per heavy atom. The second kappa shape index (κ2) is 10.1. The van der Waals surface area contributed by atoms with Gasteiger partial charge in [-0.15, -0.1) is 0 Å². The van der Waals surface area contributed by atoms with Crippen molar-refractivity contribution < 1.29 is 9.13 Å². The number of anilines is 1. The third kappa shape index (κ3) is 5.44. The lowest BCUT2D eigenvalue weighted by atomic mass is 10.1. The number of aryl methyl sites for hydroxylation is 2. The van der Waals surface area contributed by atoms with Gasteiger partial charge < -0.3 is 9.46 Å². The standard InChI is InChI=1S/C17H16FN3OS2.C2H6/c1-3-12-9-13(18)4-6-16(12)22-15-7-5-14(8-11(15)2)23-21-17-19-10-20-24-17;1-2/h4-10H,3H2,1-2H3,(H,19,20,21);1-2H3. The monoisotopic (exact) mass is 391 g/mol. The molecule has 0 amide bonds. The van der Waals surface area contributed by atoms with Crippen LogP contribution >= 0.6 is 23.5 Å². The van der Waals surface area contributed by atoms with Gasteiger partial charge in [-0.3, -0.25) is 0 Å². The van der Waals surface area contributed by atoms with Gasteiger partial charge in [0.05, 0.1) is 0 Å². The number of benzene rings is 2. The van der Waals surface area contributed by atoms with Crippen LogP contribution in [0.15, 0.2) is 47.6 Å². The summed E-state index contributed by atoms with van der Waals surface area (Å²) < 4.78 is 26.4. The lowest BCUT2D eigenvalue weighted by Gasteiger charge is -2.13. The molecule has 7 heteroatoms. The molecule has 3 aromatic rings. The average Bonchev–Trinajstić information content (AvgIpc) is 3.18. The van der Waals surface area contributed by atoms with Crippen LogP contribution in [0.4, 0.5) is 9.52 Å². The van der Waals surface area contributed by atoms with Gasteiger partial charge in [-0.1, -0.05) is 20.8 Å². The smallest absolute Gasteiger partial charge is 0.212 e. The zero-order valence-electron chi connectivity index (χ0n) is 15.2. The highest BCUT2D eigenvalue weighted by molar-refractivity contribution is 8.00.